The molecule has 4 aromatic carbocycles. The lowest BCUT2D eigenvalue weighted by molar-refractivity contribution is 0.0497. The number of aliphatic hydroxyl groups is 1. The number of hydrogen-bond donors (Lipinski definition) is 1. The Morgan fingerprint density at radius 3 is 2.08 bits per heavy atom. The fraction of sp³-hybridized carbons (Fsp3) is 0.194. The average Bonchev–Trinajstić information content (AvgIpc) is 2.93. The molecule has 1 N–H and O–H groups in total. The minimum atomic E-state index is -0.421. The second kappa shape index (κ2) is 10.8. The van der Waals surface area contributed by atoms with Gasteiger partial charge >= 0.3 is 5.97 Å². The van der Waals surface area contributed by atoms with Gasteiger partial charge < -0.3 is 14.6 Å². The van der Waals surface area contributed by atoms with Crippen LogP contribution in [-0.2, 0) is 4.74 Å². The summed E-state index contributed by atoms with van der Waals surface area (Å²) in [6.07, 6.45) is 3.30. The topological polar surface area (TPSA) is 89.9 Å². The lowest BCUT2D eigenvalue weighted by Crippen LogP contribution is -2.21. The van der Waals surface area contributed by atoms with Gasteiger partial charge in [-0.1, -0.05) is 42.8 Å². The first kappa shape index (κ1) is 24.4. The van der Waals surface area contributed by atoms with Crippen LogP contribution in [0.3, 0.4) is 0 Å². The van der Waals surface area contributed by atoms with Crippen LogP contribution < -0.4 is 4.74 Å². The van der Waals surface area contributed by atoms with E-state index in [0.29, 0.717) is 34.6 Å². The molecular formula is C31H26O6. The van der Waals surface area contributed by atoms with Crippen LogP contribution in [0.5, 0.6) is 11.5 Å². The van der Waals surface area contributed by atoms with Crippen LogP contribution in [0.4, 0.5) is 0 Å². The second-order valence-electron chi connectivity index (χ2n) is 8.98. The number of fused-ring (bicyclic) bond motifs is 3. The van der Waals surface area contributed by atoms with Gasteiger partial charge in [0.15, 0.2) is 11.6 Å². The van der Waals surface area contributed by atoms with Crippen LogP contribution in [0, 0.1) is 0 Å². The molecule has 0 fully saturated rings. The molecule has 0 atom stereocenters. The Bertz CT molecular complexity index is 1490. The highest BCUT2D eigenvalue weighted by Gasteiger charge is 2.32. The predicted molar refractivity (Wildman–Crippen MR) is 140 cm³/mol. The highest BCUT2D eigenvalue weighted by atomic mass is 16.5. The molecule has 0 unspecified atom stereocenters. The molecular weight excluding hydrogens is 468 g/mol. The van der Waals surface area contributed by atoms with Crippen LogP contribution in [0.2, 0.25) is 0 Å². The van der Waals surface area contributed by atoms with E-state index in [-0.39, 0.29) is 29.5 Å². The van der Waals surface area contributed by atoms with Crippen LogP contribution in [0.25, 0.3) is 10.8 Å². The van der Waals surface area contributed by atoms with Crippen molar-refractivity contribution in [1.29, 1.82) is 0 Å². The number of ketones is 2. The monoisotopic (exact) mass is 494 g/mol. The highest BCUT2D eigenvalue weighted by Crippen LogP contribution is 2.37. The van der Waals surface area contributed by atoms with E-state index in [9.17, 15) is 14.4 Å². The minimum Gasteiger partial charge on any atom is -0.462 e. The van der Waals surface area contributed by atoms with Gasteiger partial charge in [-0.2, -0.15) is 0 Å². The number of carbonyl (C=O) groups excluding carboxylic acids is 3. The zero-order valence-electron chi connectivity index (χ0n) is 20.2. The largest absolute Gasteiger partial charge is 0.462 e. The van der Waals surface area contributed by atoms with Crippen LogP contribution >= 0.6 is 0 Å². The summed E-state index contributed by atoms with van der Waals surface area (Å²) in [6.45, 7) is 0.501. The summed E-state index contributed by atoms with van der Waals surface area (Å²) in [7, 11) is 0. The van der Waals surface area contributed by atoms with Crippen molar-refractivity contribution in [1.82, 2.24) is 0 Å². The quantitative estimate of drug-likeness (QED) is 0.196. The van der Waals surface area contributed by atoms with E-state index in [1.165, 1.54) is 0 Å². The maximum atomic E-state index is 13.5. The van der Waals surface area contributed by atoms with Gasteiger partial charge in [-0.3, -0.25) is 9.59 Å². The van der Waals surface area contributed by atoms with Gasteiger partial charge in [0.25, 0.3) is 0 Å². The van der Waals surface area contributed by atoms with Crippen molar-refractivity contribution in [2.75, 3.05) is 13.2 Å². The fourth-order valence-corrected chi connectivity index (χ4v) is 4.54. The third kappa shape index (κ3) is 5.01. The first-order valence-corrected chi connectivity index (χ1v) is 12.4. The lowest BCUT2D eigenvalue weighted by Gasteiger charge is -2.21. The minimum absolute atomic E-state index is 0.176. The number of esters is 1. The molecule has 0 saturated heterocycles. The fourth-order valence-electron chi connectivity index (χ4n) is 4.54. The van der Waals surface area contributed by atoms with Gasteiger partial charge in [0.05, 0.1) is 17.7 Å². The van der Waals surface area contributed by atoms with Crippen molar-refractivity contribution in [3.05, 3.63) is 107 Å². The SMILES string of the molecule is O=C(OCCCCCCO)c1ccc(Oc2cccc3c2C(=O)c2cc4ccccc4cc2C3=O)cc1. The number of benzene rings is 4. The molecule has 186 valence electrons. The van der Waals surface area contributed by atoms with E-state index in [4.69, 9.17) is 14.6 Å². The van der Waals surface area contributed by atoms with E-state index in [0.717, 1.165) is 36.5 Å². The average molecular weight is 495 g/mol. The smallest absolute Gasteiger partial charge is 0.338 e. The molecule has 37 heavy (non-hydrogen) atoms. The summed E-state index contributed by atoms with van der Waals surface area (Å²) in [5, 5.41) is 10.6. The Morgan fingerprint density at radius 1 is 0.703 bits per heavy atom. The Hall–Kier alpha value is -4.29. The Kier molecular flexibility index (Phi) is 7.10. The van der Waals surface area contributed by atoms with Crippen molar-refractivity contribution >= 4 is 28.3 Å². The van der Waals surface area contributed by atoms with Gasteiger partial charge in [-0.05, 0) is 72.5 Å². The molecule has 0 heterocycles. The van der Waals surface area contributed by atoms with Crippen molar-refractivity contribution in [2.24, 2.45) is 0 Å². The molecule has 5 rings (SSSR count). The second-order valence-corrected chi connectivity index (χ2v) is 8.98. The normalized spacial score (nSPS) is 12.2. The number of ether oxygens (including phenoxy) is 2. The Morgan fingerprint density at radius 2 is 1.38 bits per heavy atom. The molecule has 0 bridgehead atoms. The summed E-state index contributed by atoms with van der Waals surface area (Å²) < 4.78 is 11.3. The van der Waals surface area contributed by atoms with E-state index in [2.05, 4.69) is 0 Å². The molecule has 0 aliphatic heterocycles. The van der Waals surface area contributed by atoms with E-state index in [1.54, 1.807) is 54.6 Å². The van der Waals surface area contributed by atoms with Gasteiger partial charge in [0.1, 0.15) is 11.5 Å². The highest BCUT2D eigenvalue weighted by molar-refractivity contribution is 6.30. The molecule has 1 aliphatic carbocycles. The summed E-state index contributed by atoms with van der Waals surface area (Å²) in [4.78, 5) is 39.1. The van der Waals surface area contributed by atoms with E-state index in [1.807, 2.05) is 24.3 Å². The number of aliphatic hydroxyl groups excluding tert-OH is 1. The van der Waals surface area contributed by atoms with E-state index < -0.39 is 5.97 Å². The molecule has 0 saturated carbocycles. The standard InChI is InChI=1S/C31H26O6/c32-16-5-1-2-6-17-36-31(35)20-12-14-23(15-13-20)37-27-11-7-10-24-28(27)30(34)26-19-22-9-4-3-8-21(22)18-25(26)29(24)33/h3-4,7-15,18-19,32H,1-2,5-6,16-17H2. The predicted octanol–water partition coefficient (Wildman–Crippen LogP) is 6.12. The number of carbonyl (C=O) groups is 3. The molecule has 0 aromatic heterocycles. The van der Waals surface area contributed by atoms with Gasteiger partial charge in [0.2, 0.25) is 0 Å². The van der Waals surface area contributed by atoms with Crippen molar-refractivity contribution in [2.45, 2.75) is 25.7 Å². The molecule has 0 amide bonds. The molecule has 6 nitrogen and oxygen atoms in total. The number of unbranched alkanes of at least 4 members (excludes halogenated alkanes) is 3. The molecule has 1 aliphatic rings. The van der Waals surface area contributed by atoms with Gasteiger partial charge in [-0.25, -0.2) is 4.79 Å². The first-order chi connectivity index (χ1) is 18.1. The summed E-state index contributed by atoms with van der Waals surface area (Å²) >= 11 is 0. The molecule has 6 heteroatoms. The molecule has 4 aromatic rings. The van der Waals surface area contributed by atoms with E-state index >= 15 is 0 Å². The first-order valence-electron chi connectivity index (χ1n) is 12.4. The van der Waals surface area contributed by atoms with Crippen molar-refractivity contribution in [3.8, 4) is 11.5 Å². The van der Waals surface area contributed by atoms with Crippen LogP contribution in [0.1, 0.15) is 67.9 Å². The third-order valence-electron chi connectivity index (χ3n) is 6.48. The summed E-state index contributed by atoms with van der Waals surface area (Å²) in [5.41, 5.74) is 1.70. The lowest BCUT2D eigenvalue weighted by atomic mass is 9.82. The summed E-state index contributed by atoms with van der Waals surface area (Å²) in [5.74, 6) is -0.179. The number of rotatable bonds is 9. The Labute approximate surface area is 214 Å². The molecule has 0 radical (unpaired) electrons. The van der Waals surface area contributed by atoms with Crippen LogP contribution in [-0.4, -0.2) is 35.9 Å². The van der Waals surface area contributed by atoms with Crippen molar-refractivity contribution in [3.63, 3.8) is 0 Å². The Balaban J connectivity index is 1.33. The maximum absolute atomic E-state index is 13.5. The van der Waals surface area contributed by atoms with Gasteiger partial charge in [-0.15, -0.1) is 0 Å². The van der Waals surface area contributed by atoms with Crippen LogP contribution in [0.15, 0.2) is 78.9 Å². The number of hydrogen-bond acceptors (Lipinski definition) is 6. The zero-order valence-corrected chi connectivity index (χ0v) is 20.2. The maximum Gasteiger partial charge on any atom is 0.338 e. The molecule has 0 spiro atoms. The zero-order chi connectivity index (χ0) is 25.8. The summed E-state index contributed by atoms with van der Waals surface area (Å²) in [6, 6.07) is 22.6. The van der Waals surface area contributed by atoms with Gasteiger partial charge in [0, 0.05) is 23.3 Å². The van der Waals surface area contributed by atoms with Crippen molar-refractivity contribution < 1.29 is 29.0 Å². The third-order valence-corrected chi connectivity index (χ3v) is 6.48.